The number of nitrogens with two attached hydrogens (primary N) is 1. The second-order valence-corrected chi connectivity index (χ2v) is 6.00. The summed E-state index contributed by atoms with van der Waals surface area (Å²) in [6.45, 7) is 2.51. The van der Waals surface area contributed by atoms with Gasteiger partial charge in [-0.3, -0.25) is 4.57 Å². The van der Waals surface area contributed by atoms with Gasteiger partial charge in [0.1, 0.15) is 0 Å². The minimum atomic E-state index is -0.326. The van der Waals surface area contributed by atoms with Gasteiger partial charge in [0.05, 0.1) is 11.6 Å². The molecule has 0 amide bonds. The highest BCUT2D eigenvalue weighted by molar-refractivity contribution is 14.1. The third-order valence-electron chi connectivity index (χ3n) is 3.61. The molecule has 0 aliphatic carbocycles. The smallest absolute Gasteiger partial charge is 0.408 e. The first-order chi connectivity index (χ1) is 10.1. The van der Waals surface area contributed by atoms with Crippen LogP contribution in [-0.4, -0.2) is 4.57 Å². The molecule has 0 saturated heterocycles. The molecule has 5 heteroatoms. The minimum absolute atomic E-state index is 0.238. The van der Waals surface area contributed by atoms with Crippen LogP contribution in [0.4, 0.5) is 0 Å². The van der Waals surface area contributed by atoms with E-state index in [1.54, 1.807) is 4.57 Å². The Morgan fingerprint density at radius 3 is 2.76 bits per heavy atom. The first kappa shape index (κ1) is 14.3. The zero-order chi connectivity index (χ0) is 15.0. The van der Waals surface area contributed by atoms with Crippen molar-refractivity contribution < 1.29 is 4.42 Å². The normalized spacial score (nSPS) is 12.7. The van der Waals surface area contributed by atoms with Gasteiger partial charge in [-0.1, -0.05) is 24.3 Å². The van der Waals surface area contributed by atoms with Crippen LogP contribution in [0.1, 0.15) is 24.1 Å². The Labute approximate surface area is 135 Å². The Kier molecular flexibility index (Phi) is 3.86. The molecule has 1 unspecified atom stereocenters. The molecule has 0 saturated carbocycles. The molecular formula is C16H15IN2O2. The van der Waals surface area contributed by atoms with Gasteiger partial charge in [-0.15, -0.1) is 0 Å². The zero-order valence-corrected chi connectivity index (χ0v) is 13.7. The van der Waals surface area contributed by atoms with Crippen molar-refractivity contribution in [3.63, 3.8) is 0 Å². The van der Waals surface area contributed by atoms with E-state index in [1.807, 2.05) is 49.4 Å². The number of nitrogens with zero attached hydrogens (tertiary/aromatic N) is 1. The summed E-state index contributed by atoms with van der Waals surface area (Å²) < 4.78 is 8.03. The quantitative estimate of drug-likeness (QED) is 0.694. The lowest BCUT2D eigenvalue weighted by Crippen LogP contribution is -2.13. The van der Waals surface area contributed by atoms with Crippen LogP contribution in [0, 0.1) is 3.57 Å². The number of rotatable bonds is 3. The lowest BCUT2D eigenvalue weighted by molar-refractivity contribution is 0.513. The molecule has 3 aromatic rings. The average Bonchev–Trinajstić information content (AvgIpc) is 2.81. The van der Waals surface area contributed by atoms with Gasteiger partial charge in [-0.2, -0.15) is 0 Å². The van der Waals surface area contributed by atoms with Gasteiger partial charge in [-0.05, 0) is 58.8 Å². The van der Waals surface area contributed by atoms with E-state index in [4.69, 9.17) is 10.2 Å². The molecule has 2 aromatic carbocycles. The third-order valence-corrected chi connectivity index (χ3v) is 4.59. The van der Waals surface area contributed by atoms with E-state index >= 15 is 0 Å². The van der Waals surface area contributed by atoms with Crippen molar-refractivity contribution in [2.24, 2.45) is 5.73 Å². The summed E-state index contributed by atoms with van der Waals surface area (Å²) in [5.41, 5.74) is 9.74. The van der Waals surface area contributed by atoms with Crippen LogP contribution in [0.5, 0.6) is 0 Å². The zero-order valence-electron chi connectivity index (χ0n) is 11.5. The van der Waals surface area contributed by atoms with Crippen molar-refractivity contribution in [2.75, 3.05) is 0 Å². The Bertz CT molecular complexity index is 851. The first-order valence-corrected chi connectivity index (χ1v) is 7.83. The van der Waals surface area contributed by atoms with Crippen LogP contribution < -0.4 is 11.5 Å². The van der Waals surface area contributed by atoms with E-state index in [9.17, 15) is 4.79 Å². The molecule has 108 valence electrons. The van der Waals surface area contributed by atoms with Gasteiger partial charge in [0.2, 0.25) is 0 Å². The fraction of sp³-hybridized carbons (Fsp3) is 0.188. The molecular weight excluding hydrogens is 379 g/mol. The Hall–Kier alpha value is -1.60. The van der Waals surface area contributed by atoms with E-state index < -0.39 is 0 Å². The topological polar surface area (TPSA) is 61.2 Å². The highest BCUT2D eigenvalue weighted by Crippen LogP contribution is 2.26. The van der Waals surface area contributed by atoms with Crippen LogP contribution in [-0.2, 0) is 6.54 Å². The summed E-state index contributed by atoms with van der Waals surface area (Å²) in [5.74, 6) is -0.326. The maximum atomic E-state index is 11.7. The maximum absolute atomic E-state index is 11.7. The van der Waals surface area contributed by atoms with Crippen LogP contribution in [0.2, 0.25) is 0 Å². The van der Waals surface area contributed by atoms with Gasteiger partial charge >= 0.3 is 5.76 Å². The van der Waals surface area contributed by atoms with Crippen LogP contribution >= 0.6 is 22.6 Å². The highest BCUT2D eigenvalue weighted by atomic mass is 127. The summed E-state index contributed by atoms with van der Waals surface area (Å²) in [7, 11) is 0. The number of aromatic nitrogens is 1. The summed E-state index contributed by atoms with van der Waals surface area (Å²) >= 11 is 2.28. The second-order valence-electron chi connectivity index (χ2n) is 4.84. The van der Waals surface area contributed by atoms with Crippen molar-refractivity contribution in [3.8, 4) is 0 Å². The average molecular weight is 394 g/mol. The molecule has 0 aliphatic heterocycles. The predicted molar refractivity (Wildman–Crippen MR) is 91.3 cm³/mol. The van der Waals surface area contributed by atoms with Gasteiger partial charge in [0.25, 0.3) is 0 Å². The van der Waals surface area contributed by atoms with E-state index in [0.29, 0.717) is 12.1 Å². The fourth-order valence-electron chi connectivity index (χ4n) is 2.48. The van der Waals surface area contributed by atoms with Crippen LogP contribution in [0.25, 0.3) is 11.1 Å². The molecule has 0 fully saturated rings. The number of hydrogen-bond acceptors (Lipinski definition) is 3. The van der Waals surface area contributed by atoms with Crippen molar-refractivity contribution in [1.29, 1.82) is 0 Å². The molecule has 0 spiro atoms. The van der Waals surface area contributed by atoms with E-state index in [-0.39, 0.29) is 11.8 Å². The van der Waals surface area contributed by atoms with Crippen molar-refractivity contribution in [1.82, 2.24) is 4.57 Å². The standard InChI is InChI=1S/C16H15IN2O2/c1-2-19-13-8-7-10(9-14(13)21-16(19)20)15(18)11-5-3-4-6-12(11)17/h3-9,15H,2,18H2,1H3. The summed E-state index contributed by atoms with van der Waals surface area (Å²) in [6.07, 6.45) is 0. The van der Waals surface area contributed by atoms with Gasteiger partial charge < -0.3 is 10.2 Å². The molecule has 21 heavy (non-hydrogen) atoms. The molecule has 4 nitrogen and oxygen atoms in total. The number of aryl methyl sites for hydroxylation is 1. The van der Waals surface area contributed by atoms with E-state index in [1.165, 1.54) is 0 Å². The molecule has 1 aromatic heterocycles. The number of halogens is 1. The number of benzene rings is 2. The van der Waals surface area contributed by atoms with Crippen LogP contribution in [0.15, 0.2) is 51.7 Å². The molecule has 1 atom stereocenters. The predicted octanol–water partition coefficient (Wildman–Crippen LogP) is 3.27. The van der Waals surface area contributed by atoms with Crippen molar-refractivity contribution in [3.05, 3.63) is 67.7 Å². The molecule has 1 heterocycles. The monoisotopic (exact) mass is 394 g/mol. The molecule has 0 bridgehead atoms. The largest absolute Gasteiger partial charge is 0.419 e. The van der Waals surface area contributed by atoms with Crippen LogP contribution in [0.3, 0.4) is 0 Å². The summed E-state index contributed by atoms with van der Waals surface area (Å²) in [6, 6.07) is 13.5. The number of oxazole rings is 1. The lowest BCUT2D eigenvalue weighted by Gasteiger charge is -2.14. The van der Waals surface area contributed by atoms with Gasteiger partial charge in [0.15, 0.2) is 5.58 Å². The SMILES string of the molecule is CCn1c(=O)oc2cc(C(N)c3ccccc3I)ccc21. The minimum Gasteiger partial charge on any atom is -0.408 e. The highest BCUT2D eigenvalue weighted by Gasteiger charge is 2.15. The summed E-state index contributed by atoms with van der Waals surface area (Å²) in [4.78, 5) is 11.7. The molecule has 0 aliphatic rings. The lowest BCUT2D eigenvalue weighted by atomic mass is 9.99. The van der Waals surface area contributed by atoms with Crippen molar-refractivity contribution >= 4 is 33.7 Å². The van der Waals surface area contributed by atoms with E-state index in [0.717, 1.165) is 20.2 Å². The first-order valence-electron chi connectivity index (χ1n) is 6.75. The molecule has 3 rings (SSSR count). The summed E-state index contributed by atoms with van der Waals surface area (Å²) in [5, 5.41) is 0. The Balaban J connectivity index is 2.09. The Morgan fingerprint density at radius 2 is 2.05 bits per heavy atom. The fourth-order valence-corrected chi connectivity index (χ4v) is 3.21. The number of hydrogen-bond donors (Lipinski definition) is 1. The van der Waals surface area contributed by atoms with Gasteiger partial charge in [0, 0.05) is 10.1 Å². The maximum Gasteiger partial charge on any atom is 0.419 e. The van der Waals surface area contributed by atoms with E-state index in [2.05, 4.69) is 22.6 Å². The number of fused-ring (bicyclic) bond motifs is 1. The molecule has 2 N–H and O–H groups in total. The van der Waals surface area contributed by atoms with Crippen molar-refractivity contribution in [2.45, 2.75) is 19.5 Å². The van der Waals surface area contributed by atoms with Gasteiger partial charge in [-0.25, -0.2) is 4.79 Å². The second kappa shape index (κ2) is 5.65. The molecule has 0 radical (unpaired) electrons. The third kappa shape index (κ3) is 2.51. The Morgan fingerprint density at radius 1 is 1.29 bits per heavy atom.